The number of ether oxygens (including phenoxy) is 2. The Morgan fingerprint density at radius 3 is 2.52 bits per heavy atom. The molecule has 2 aromatic rings. The van der Waals surface area contributed by atoms with Gasteiger partial charge in [-0.2, -0.15) is 0 Å². The standard InChI is InChI=1S/C17H20FNO2/c1-20-17-4-2-3-13(11-17)14(12-19)9-10-21-16-7-5-15(18)6-8-16/h2-8,11,14H,9-10,12,19H2,1H3. The minimum Gasteiger partial charge on any atom is -0.497 e. The van der Waals surface area contributed by atoms with Crippen LogP contribution in [0.2, 0.25) is 0 Å². The van der Waals surface area contributed by atoms with Crippen molar-refractivity contribution in [3.05, 3.63) is 59.9 Å². The van der Waals surface area contributed by atoms with Gasteiger partial charge in [0.25, 0.3) is 0 Å². The summed E-state index contributed by atoms with van der Waals surface area (Å²) in [5.74, 6) is 1.43. The number of methoxy groups -OCH3 is 1. The molecule has 4 heteroatoms. The summed E-state index contributed by atoms with van der Waals surface area (Å²) in [5.41, 5.74) is 6.99. The lowest BCUT2D eigenvalue weighted by molar-refractivity contribution is 0.298. The van der Waals surface area contributed by atoms with Crippen LogP contribution in [0.3, 0.4) is 0 Å². The average Bonchev–Trinajstić information content (AvgIpc) is 2.53. The van der Waals surface area contributed by atoms with E-state index in [0.29, 0.717) is 18.9 Å². The van der Waals surface area contributed by atoms with Crippen LogP contribution in [0.4, 0.5) is 4.39 Å². The molecule has 0 amide bonds. The van der Waals surface area contributed by atoms with E-state index in [1.54, 1.807) is 19.2 Å². The summed E-state index contributed by atoms with van der Waals surface area (Å²) in [6, 6.07) is 13.9. The number of halogens is 1. The number of rotatable bonds is 7. The zero-order chi connectivity index (χ0) is 15.1. The molecule has 0 fully saturated rings. The molecule has 0 saturated carbocycles. The molecule has 112 valence electrons. The molecular weight excluding hydrogens is 269 g/mol. The fourth-order valence-corrected chi connectivity index (χ4v) is 2.17. The Kier molecular flexibility index (Phi) is 5.58. The van der Waals surface area contributed by atoms with E-state index in [0.717, 1.165) is 17.7 Å². The van der Waals surface area contributed by atoms with Crippen molar-refractivity contribution in [3.8, 4) is 11.5 Å². The maximum atomic E-state index is 12.8. The first-order chi connectivity index (χ1) is 10.2. The van der Waals surface area contributed by atoms with E-state index < -0.39 is 0 Å². The van der Waals surface area contributed by atoms with Gasteiger partial charge < -0.3 is 15.2 Å². The summed E-state index contributed by atoms with van der Waals surface area (Å²) in [5, 5.41) is 0. The third-order valence-electron chi connectivity index (χ3n) is 3.40. The van der Waals surface area contributed by atoms with Crippen molar-refractivity contribution in [2.75, 3.05) is 20.3 Å². The van der Waals surface area contributed by atoms with Crippen molar-refractivity contribution in [2.24, 2.45) is 5.73 Å². The Balaban J connectivity index is 1.91. The first kappa shape index (κ1) is 15.3. The van der Waals surface area contributed by atoms with Crippen molar-refractivity contribution in [2.45, 2.75) is 12.3 Å². The van der Waals surface area contributed by atoms with Gasteiger partial charge in [-0.25, -0.2) is 4.39 Å². The second-order valence-corrected chi connectivity index (χ2v) is 4.80. The summed E-state index contributed by atoms with van der Waals surface area (Å²) >= 11 is 0. The van der Waals surface area contributed by atoms with Gasteiger partial charge in [0.05, 0.1) is 13.7 Å². The molecule has 2 aromatic carbocycles. The molecule has 0 spiro atoms. The van der Waals surface area contributed by atoms with Crippen LogP contribution in [0.15, 0.2) is 48.5 Å². The minimum absolute atomic E-state index is 0.209. The molecule has 0 radical (unpaired) electrons. The average molecular weight is 289 g/mol. The van der Waals surface area contributed by atoms with Crippen molar-refractivity contribution in [3.63, 3.8) is 0 Å². The SMILES string of the molecule is COc1cccc(C(CN)CCOc2ccc(F)cc2)c1. The van der Waals surface area contributed by atoms with E-state index in [9.17, 15) is 4.39 Å². The van der Waals surface area contributed by atoms with Gasteiger partial charge in [-0.1, -0.05) is 12.1 Å². The maximum absolute atomic E-state index is 12.8. The third kappa shape index (κ3) is 4.46. The van der Waals surface area contributed by atoms with E-state index in [4.69, 9.17) is 15.2 Å². The van der Waals surface area contributed by atoms with E-state index in [1.165, 1.54) is 12.1 Å². The first-order valence-electron chi connectivity index (χ1n) is 6.95. The normalized spacial score (nSPS) is 12.0. The molecule has 0 bridgehead atoms. The van der Waals surface area contributed by atoms with Gasteiger partial charge >= 0.3 is 0 Å². The van der Waals surface area contributed by atoms with Crippen LogP contribution >= 0.6 is 0 Å². The smallest absolute Gasteiger partial charge is 0.123 e. The Hall–Kier alpha value is -2.07. The molecule has 3 nitrogen and oxygen atoms in total. The first-order valence-corrected chi connectivity index (χ1v) is 6.95. The number of nitrogens with two attached hydrogens (primary N) is 1. The molecular formula is C17H20FNO2. The number of hydrogen-bond donors (Lipinski definition) is 1. The van der Waals surface area contributed by atoms with Crippen molar-refractivity contribution in [1.82, 2.24) is 0 Å². The second kappa shape index (κ2) is 7.64. The van der Waals surface area contributed by atoms with Crippen LogP contribution < -0.4 is 15.2 Å². The lowest BCUT2D eigenvalue weighted by Crippen LogP contribution is -2.15. The summed E-state index contributed by atoms with van der Waals surface area (Å²) < 4.78 is 23.6. The Morgan fingerprint density at radius 1 is 1.10 bits per heavy atom. The van der Waals surface area contributed by atoms with Gasteiger partial charge in [0.1, 0.15) is 17.3 Å². The van der Waals surface area contributed by atoms with Crippen molar-refractivity contribution >= 4 is 0 Å². The molecule has 0 heterocycles. The van der Waals surface area contributed by atoms with E-state index in [2.05, 4.69) is 0 Å². The summed E-state index contributed by atoms with van der Waals surface area (Å²) in [7, 11) is 1.65. The highest BCUT2D eigenvalue weighted by Gasteiger charge is 2.11. The second-order valence-electron chi connectivity index (χ2n) is 4.80. The third-order valence-corrected chi connectivity index (χ3v) is 3.40. The molecule has 0 aliphatic carbocycles. The van der Waals surface area contributed by atoms with Crippen LogP contribution in [0.5, 0.6) is 11.5 Å². The number of benzene rings is 2. The summed E-state index contributed by atoms with van der Waals surface area (Å²) in [6.07, 6.45) is 0.793. The fraction of sp³-hybridized carbons (Fsp3) is 0.294. The topological polar surface area (TPSA) is 44.5 Å². The van der Waals surface area contributed by atoms with Crippen LogP contribution in [0.1, 0.15) is 17.9 Å². The van der Waals surface area contributed by atoms with Crippen LogP contribution in [0.25, 0.3) is 0 Å². The lowest BCUT2D eigenvalue weighted by Gasteiger charge is -2.16. The van der Waals surface area contributed by atoms with Gasteiger partial charge in [-0.3, -0.25) is 0 Å². The molecule has 2 N–H and O–H groups in total. The molecule has 0 saturated heterocycles. The molecule has 0 aliphatic rings. The summed E-state index contributed by atoms with van der Waals surface area (Å²) in [4.78, 5) is 0. The van der Waals surface area contributed by atoms with Crippen LogP contribution in [-0.4, -0.2) is 20.3 Å². The van der Waals surface area contributed by atoms with Gasteiger partial charge in [0.2, 0.25) is 0 Å². The Morgan fingerprint density at radius 2 is 1.86 bits per heavy atom. The Bertz CT molecular complexity index is 557. The quantitative estimate of drug-likeness (QED) is 0.850. The van der Waals surface area contributed by atoms with Gasteiger partial charge in [0.15, 0.2) is 0 Å². The maximum Gasteiger partial charge on any atom is 0.123 e. The lowest BCUT2D eigenvalue weighted by atomic mass is 9.96. The largest absolute Gasteiger partial charge is 0.497 e. The van der Waals surface area contributed by atoms with Crippen molar-refractivity contribution in [1.29, 1.82) is 0 Å². The molecule has 0 aromatic heterocycles. The molecule has 2 rings (SSSR count). The Labute approximate surface area is 124 Å². The fourth-order valence-electron chi connectivity index (χ4n) is 2.17. The highest BCUT2D eigenvalue weighted by Crippen LogP contribution is 2.23. The van der Waals surface area contributed by atoms with E-state index in [-0.39, 0.29) is 11.7 Å². The van der Waals surface area contributed by atoms with Crippen LogP contribution in [0, 0.1) is 5.82 Å². The molecule has 1 unspecified atom stereocenters. The molecule has 1 atom stereocenters. The van der Waals surface area contributed by atoms with Gasteiger partial charge in [0, 0.05) is 0 Å². The number of hydrogen-bond acceptors (Lipinski definition) is 3. The predicted octanol–water partition coefficient (Wildman–Crippen LogP) is 3.35. The van der Waals surface area contributed by atoms with Crippen molar-refractivity contribution < 1.29 is 13.9 Å². The highest BCUT2D eigenvalue weighted by atomic mass is 19.1. The molecule has 21 heavy (non-hydrogen) atoms. The minimum atomic E-state index is -0.265. The predicted molar refractivity (Wildman–Crippen MR) is 81.3 cm³/mol. The monoisotopic (exact) mass is 289 g/mol. The highest BCUT2D eigenvalue weighted by molar-refractivity contribution is 5.31. The van der Waals surface area contributed by atoms with Gasteiger partial charge in [-0.05, 0) is 60.8 Å². The summed E-state index contributed by atoms with van der Waals surface area (Å²) in [6.45, 7) is 1.07. The zero-order valence-electron chi connectivity index (χ0n) is 12.1. The molecule has 0 aliphatic heterocycles. The van der Waals surface area contributed by atoms with Gasteiger partial charge in [-0.15, -0.1) is 0 Å². The van der Waals surface area contributed by atoms with E-state index in [1.807, 2.05) is 24.3 Å². The van der Waals surface area contributed by atoms with Crippen LogP contribution in [-0.2, 0) is 0 Å². The van der Waals surface area contributed by atoms with E-state index >= 15 is 0 Å². The zero-order valence-corrected chi connectivity index (χ0v) is 12.1.